The number of pyridine rings is 1. The van der Waals surface area contributed by atoms with E-state index in [9.17, 15) is 27.6 Å². The number of carbonyl (C=O) groups excluding carboxylic acids is 1. The smallest absolute Gasteiger partial charge is 0.406 e. The lowest BCUT2D eigenvalue weighted by Gasteiger charge is -2.10. The highest BCUT2D eigenvalue weighted by molar-refractivity contribution is 7.14. The van der Waals surface area contributed by atoms with Crippen LogP contribution in [0.3, 0.4) is 0 Å². The van der Waals surface area contributed by atoms with Crippen LogP contribution in [0.5, 0.6) is 5.75 Å². The third-order valence-electron chi connectivity index (χ3n) is 4.59. The number of halogens is 4. The molecule has 3 aromatic heterocycles. The van der Waals surface area contributed by atoms with E-state index in [1.807, 2.05) is 0 Å². The summed E-state index contributed by atoms with van der Waals surface area (Å²) < 4.78 is 42.4. The average Bonchev–Trinajstić information content (AvgIpc) is 3.18. The van der Waals surface area contributed by atoms with Gasteiger partial charge in [-0.05, 0) is 29.8 Å². The van der Waals surface area contributed by atoms with Crippen LogP contribution in [-0.4, -0.2) is 31.8 Å². The zero-order valence-electron chi connectivity index (χ0n) is 17.1. The normalized spacial score (nSPS) is 11.6. The predicted molar refractivity (Wildman–Crippen MR) is 119 cm³/mol. The standard InChI is InChI=1S/C20H13ClF3N5O4S/c1-29-17(31)15-9(2-3-25-16(15)28-19(29)32)6-14(30)27-18-26-13(8-34-18)10-4-11(21)7-12(5-10)33-20(22,23)24/h2-5,7-8H,6H2,1H3,(H,25,28,32)(H,26,27,30). The summed E-state index contributed by atoms with van der Waals surface area (Å²) in [6, 6.07) is 5.04. The Balaban J connectivity index is 1.55. The number of hydrogen-bond donors (Lipinski definition) is 2. The number of H-pyrrole nitrogens is 1. The van der Waals surface area contributed by atoms with E-state index in [1.165, 1.54) is 30.8 Å². The van der Waals surface area contributed by atoms with Crippen LogP contribution in [0.15, 0.2) is 45.4 Å². The van der Waals surface area contributed by atoms with Crippen molar-refractivity contribution in [2.75, 3.05) is 5.32 Å². The molecule has 0 aliphatic carbocycles. The van der Waals surface area contributed by atoms with Crippen LogP contribution in [0, 0.1) is 0 Å². The zero-order valence-corrected chi connectivity index (χ0v) is 18.6. The summed E-state index contributed by atoms with van der Waals surface area (Å²) in [5, 5.41) is 4.41. The van der Waals surface area contributed by atoms with Crippen LogP contribution in [0.4, 0.5) is 18.3 Å². The van der Waals surface area contributed by atoms with Crippen molar-refractivity contribution >= 4 is 45.0 Å². The lowest BCUT2D eigenvalue weighted by Crippen LogP contribution is -2.33. The van der Waals surface area contributed by atoms with Crippen LogP contribution in [0.1, 0.15) is 5.56 Å². The molecule has 9 nitrogen and oxygen atoms in total. The maximum Gasteiger partial charge on any atom is 0.573 e. The number of anilines is 1. The van der Waals surface area contributed by atoms with Gasteiger partial charge in [0.2, 0.25) is 5.91 Å². The van der Waals surface area contributed by atoms with Gasteiger partial charge in [0.25, 0.3) is 5.56 Å². The molecule has 1 amide bonds. The van der Waals surface area contributed by atoms with Gasteiger partial charge in [-0.3, -0.25) is 19.1 Å². The SMILES string of the molecule is Cn1c(=O)[nH]c2nccc(CC(=O)Nc3nc(-c4cc(Cl)cc(OC(F)(F)F)c4)cs3)c2c1=O. The van der Waals surface area contributed by atoms with Gasteiger partial charge in [0.05, 0.1) is 17.5 Å². The molecule has 0 atom stereocenters. The van der Waals surface area contributed by atoms with Crippen molar-refractivity contribution in [1.29, 1.82) is 0 Å². The molecule has 0 spiro atoms. The minimum Gasteiger partial charge on any atom is -0.406 e. The first-order valence-corrected chi connectivity index (χ1v) is 10.6. The van der Waals surface area contributed by atoms with E-state index in [4.69, 9.17) is 11.6 Å². The van der Waals surface area contributed by atoms with Crippen molar-refractivity contribution in [3.8, 4) is 17.0 Å². The number of benzene rings is 1. The number of aromatic nitrogens is 4. The van der Waals surface area contributed by atoms with Gasteiger partial charge in [-0.2, -0.15) is 0 Å². The molecule has 2 N–H and O–H groups in total. The first-order chi connectivity index (χ1) is 16.0. The molecule has 0 unspecified atom stereocenters. The Morgan fingerprint density at radius 2 is 2.06 bits per heavy atom. The number of carbonyl (C=O) groups is 1. The molecule has 0 fully saturated rings. The summed E-state index contributed by atoms with van der Waals surface area (Å²) in [7, 11) is 1.30. The van der Waals surface area contributed by atoms with E-state index in [0.29, 0.717) is 5.56 Å². The van der Waals surface area contributed by atoms with Gasteiger partial charge in [-0.25, -0.2) is 14.8 Å². The summed E-state index contributed by atoms with van der Waals surface area (Å²) in [4.78, 5) is 47.5. The first kappa shape index (κ1) is 23.4. The minimum atomic E-state index is -4.88. The highest BCUT2D eigenvalue weighted by Crippen LogP contribution is 2.33. The van der Waals surface area contributed by atoms with Crippen LogP contribution in [0.25, 0.3) is 22.3 Å². The maximum absolute atomic E-state index is 12.6. The summed E-state index contributed by atoms with van der Waals surface area (Å²) in [5.74, 6) is -1.01. The number of hydrogen-bond acceptors (Lipinski definition) is 7. The fourth-order valence-electron chi connectivity index (χ4n) is 3.13. The van der Waals surface area contributed by atoms with E-state index < -0.39 is 29.3 Å². The number of thiazole rings is 1. The molecule has 0 aliphatic heterocycles. The van der Waals surface area contributed by atoms with E-state index in [-0.39, 0.29) is 38.9 Å². The van der Waals surface area contributed by atoms with E-state index >= 15 is 0 Å². The van der Waals surface area contributed by atoms with Crippen LogP contribution in [-0.2, 0) is 18.3 Å². The molecule has 34 heavy (non-hydrogen) atoms. The van der Waals surface area contributed by atoms with Gasteiger partial charge in [-0.15, -0.1) is 24.5 Å². The molecule has 0 aliphatic rings. The average molecular weight is 512 g/mol. The summed E-state index contributed by atoms with van der Waals surface area (Å²) in [6.45, 7) is 0. The number of alkyl halides is 3. The highest BCUT2D eigenvalue weighted by Gasteiger charge is 2.31. The molecule has 4 rings (SSSR count). The van der Waals surface area contributed by atoms with Crippen LogP contribution in [0.2, 0.25) is 5.02 Å². The summed E-state index contributed by atoms with van der Waals surface area (Å²) in [6.07, 6.45) is -3.73. The Hall–Kier alpha value is -3.71. The molecule has 4 aromatic rings. The number of ether oxygens (including phenoxy) is 1. The van der Waals surface area contributed by atoms with Gasteiger partial charge in [0.15, 0.2) is 5.13 Å². The molecule has 0 bridgehead atoms. The number of nitrogens with zero attached hydrogens (tertiary/aromatic N) is 3. The van der Waals surface area contributed by atoms with E-state index in [1.54, 1.807) is 0 Å². The second kappa shape index (κ2) is 8.91. The number of aromatic amines is 1. The van der Waals surface area contributed by atoms with Gasteiger partial charge in [0, 0.05) is 29.2 Å². The quantitative estimate of drug-likeness (QED) is 0.423. The van der Waals surface area contributed by atoms with Crippen LogP contribution < -0.4 is 21.3 Å². The van der Waals surface area contributed by atoms with Gasteiger partial charge in [0.1, 0.15) is 11.4 Å². The largest absolute Gasteiger partial charge is 0.573 e. The molecule has 176 valence electrons. The molecular weight excluding hydrogens is 499 g/mol. The summed E-state index contributed by atoms with van der Waals surface area (Å²) >= 11 is 6.94. The van der Waals surface area contributed by atoms with Crippen LogP contribution >= 0.6 is 22.9 Å². The molecule has 0 saturated carbocycles. The Morgan fingerprint density at radius 1 is 1.29 bits per heavy atom. The lowest BCUT2D eigenvalue weighted by atomic mass is 10.1. The fourth-order valence-corrected chi connectivity index (χ4v) is 4.09. The number of amides is 1. The van der Waals surface area contributed by atoms with Gasteiger partial charge >= 0.3 is 12.1 Å². The highest BCUT2D eigenvalue weighted by atomic mass is 35.5. The third kappa shape index (κ3) is 5.10. The van der Waals surface area contributed by atoms with Crippen molar-refractivity contribution in [1.82, 2.24) is 19.5 Å². The second-order valence-corrected chi connectivity index (χ2v) is 8.27. The first-order valence-electron chi connectivity index (χ1n) is 9.39. The van der Waals surface area contributed by atoms with Crippen molar-refractivity contribution in [2.45, 2.75) is 12.8 Å². The predicted octanol–water partition coefficient (Wildman–Crippen LogP) is 3.48. The second-order valence-electron chi connectivity index (χ2n) is 6.97. The Labute approximate surface area is 196 Å². The molecular formula is C20H13ClF3N5O4S. The lowest BCUT2D eigenvalue weighted by molar-refractivity contribution is -0.274. The van der Waals surface area contributed by atoms with Gasteiger partial charge < -0.3 is 10.1 Å². The number of rotatable bonds is 5. The minimum absolute atomic E-state index is 0.0134. The maximum atomic E-state index is 12.6. The molecule has 0 radical (unpaired) electrons. The molecule has 3 heterocycles. The van der Waals surface area contributed by atoms with Crippen molar-refractivity contribution in [2.24, 2.45) is 7.05 Å². The topological polar surface area (TPSA) is 119 Å². The third-order valence-corrected chi connectivity index (χ3v) is 5.56. The zero-order chi connectivity index (χ0) is 24.6. The molecule has 1 aromatic carbocycles. The van der Waals surface area contributed by atoms with E-state index in [0.717, 1.165) is 28.0 Å². The Kier molecular flexibility index (Phi) is 6.15. The number of nitrogens with one attached hydrogen (secondary N) is 2. The van der Waals surface area contributed by atoms with Crippen molar-refractivity contribution in [3.05, 3.63) is 67.3 Å². The number of fused-ring (bicyclic) bond motifs is 1. The van der Waals surface area contributed by atoms with Crippen molar-refractivity contribution in [3.63, 3.8) is 0 Å². The van der Waals surface area contributed by atoms with Gasteiger partial charge in [-0.1, -0.05) is 11.6 Å². The molecule has 0 saturated heterocycles. The Bertz CT molecular complexity index is 1530. The van der Waals surface area contributed by atoms with E-state index in [2.05, 4.69) is 25.0 Å². The van der Waals surface area contributed by atoms with Crippen molar-refractivity contribution < 1.29 is 22.7 Å². The summed E-state index contributed by atoms with van der Waals surface area (Å²) in [5.41, 5.74) is -0.282. The molecule has 14 heteroatoms. The Morgan fingerprint density at radius 3 is 2.79 bits per heavy atom. The fraction of sp³-hybridized carbons (Fsp3) is 0.150. The monoisotopic (exact) mass is 511 g/mol.